The van der Waals surface area contributed by atoms with E-state index >= 15 is 0 Å². The molecule has 2 atom stereocenters. The van der Waals surface area contributed by atoms with E-state index in [-0.39, 0.29) is 13.2 Å². The van der Waals surface area contributed by atoms with Gasteiger partial charge < -0.3 is 19.7 Å². The summed E-state index contributed by atoms with van der Waals surface area (Å²) in [5.41, 5.74) is 0. The van der Waals surface area contributed by atoms with Crippen molar-refractivity contribution in [1.82, 2.24) is 9.80 Å². The minimum absolute atomic E-state index is 0.245. The highest BCUT2D eigenvalue weighted by molar-refractivity contribution is 5.31. The first kappa shape index (κ1) is 26.7. The molecule has 0 aliphatic heterocycles. The zero-order valence-corrected chi connectivity index (χ0v) is 20.2. The fourth-order valence-corrected chi connectivity index (χ4v) is 3.64. The molecule has 0 aromatic heterocycles. The maximum atomic E-state index is 10.3. The van der Waals surface area contributed by atoms with Crippen LogP contribution in [0.5, 0.6) is 11.5 Å². The first-order chi connectivity index (χ1) is 14.0. The number of rotatable bonds is 14. The highest BCUT2D eigenvalue weighted by atomic mass is 16.5. The molecule has 0 aliphatic carbocycles. The van der Waals surface area contributed by atoms with Crippen LogP contribution in [0.15, 0.2) is 24.3 Å². The van der Waals surface area contributed by atoms with Crippen molar-refractivity contribution in [2.45, 2.75) is 91.8 Å². The third-order valence-electron chi connectivity index (χ3n) is 5.20. The van der Waals surface area contributed by atoms with Gasteiger partial charge in [-0.05, 0) is 79.7 Å². The van der Waals surface area contributed by atoms with E-state index in [0.29, 0.717) is 48.8 Å². The lowest BCUT2D eigenvalue weighted by atomic mass is 10.2. The summed E-state index contributed by atoms with van der Waals surface area (Å²) in [6.45, 7) is 18.7. The van der Waals surface area contributed by atoms with Crippen LogP contribution in [0.25, 0.3) is 0 Å². The molecule has 0 heterocycles. The van der Waals surface area contributed by atoms with Gasteiger partial charge in [0.15, 0.2) is 0 Å². The molecule has 0 fully saturated rings. The first-order valence-electron chi connectivity index (χ1n) is 11.2. The molecule has 0 saturated heterocycles. The van der Waals surface area contributed by atoms with Crippen molar-refractivity contribution in [3.8, 4) is 11.5 Å². The number of benzene rings is 1. The zero-order valence-electron chi connectivity index (χ0n) is 20.2. The smallest absolute Gasteiger partial charge is 0.119 e. The van der Waals surface area contributed by atoms with Crippen molar-refractivity contribution in [2.75, 3.05) is 26.3 Å². The molecule has 0 unspecified atom stereocenters. The lowest BCUT2D eigenvalue weighted by Gasteiger charge is -2.32. The van der Waals surface area contributed by atoms with E-state index in [4.69, 9.17) is 9.47 Å². The van der Waals surface area contributed by atoms with Crippen LogP contribution in [0.2, 0.25) is 0 Å². The van der Waals surface area contributed by atoms with E-state index in [2.05, 4.69) is 65.2 Å². The normalized spacial score (nSPS) is 14.4. The van der Waals surface area contributed by atoms with Gasteiger partial charge in [0.25, 0.3) is 0 Å². The molecule has 174 valence electrons. The average molecular weight is 425 g/mol. The number of aliphatic hydroxyl groups excluding tert-OH is 2. The predicted molar refractivity (Wildman–Crippen MR) is 123 cm³/mol. The van der Waals surface area contributed by atoms with Crippen LogP contribution < -0.4 is 9.47 Å². The quantitative estimate of drug-likeness (QED) is 0.477. The van der Waals surface area contributed by atoms with E-state index in [0.717, 1.165) is 0 Å². The summed E-state index contributed by atoms with van der Waals surface area (Å²) in [6, 6.07) is 8.80. The maximum Gasteiger partial charge on any atom is 0.119 e. The highest BCUT2D eigenvalue weighted by Crippen LogP contribution is 2.18. The molecule has 0 spiro atoms. The van der Waals surface area contributed by atoms with Crippen LogP contribution in [0.1, 0.15) is 55.4 Å². The average Bonchev–Trinajstić information content (AvgIpc) is 2.66. The third kappa shape index (κ3) is 9.65. The summed E-state index contributed by atoms with van der Waals surface area (Å²) in [6.07, 6.45) is -1.10. The van der Waals surface area contributed by atoms with Crippen LogP contribution in [-0.2, 0) is 0 Å². The Morgan fingerprint density at radius 2 is 0.867 bits per heavy atom. The molecule has 6 heteroatoms. The van der Waals surface area contributed by atoms with Crippen molar-refractivity contribution in [3.05, 3.63) is 24.3 Å². The minimum atomic E-state index is -0.550. The summed E-state index contributed by atoms with van der Waals surface area (Å²) in [5.74, 6) is 1.38. The molecule has 6 nitrogen and oxygen atoms in total. The Balaban J connectivity index is 2.44. The molecular formula is C24H44N2O4. The van der Waals surface area contributed by atoms with E-state index in [9.17, 15) is 10.2 Å². The summed E-state index contributed by atoms with van der Waals surface area (Å²) in [4.78, 5) is 4.49. The second kappa shape index (κ2) is 13.2. The first-order valence-corrected chi connectivity index (χ1v) is 11.2. The van der Waals surface area contributed by atoms with Crippen LogP contribution in [0.4, 0.5) is 0 Å². The van der Waals surface area contributed by atoms with Crippen molar-refractivity contribution in [1.29, 1.82) is 0 Å². The van der Waals surface area contributed by atoms with Crippen molar-refractivity contribution >= 4 is 0 Å². The van der Waals surface area contributed by atoms with Gasteiger partial charge in [-0.2, -0.15) is 0 Å². The topological polar surface area (TPSA) is 65.4 Å². The molecule has 1 rings (SSSR count). The lowest BCUT2D eigenvalue weighted by molar-refractivity contribution is 0.0436. The Labute approximate surface area is 183 Å². The van der Waals surface area contributed by atoms with Gasteiger partial charge in [-0.15, -0.1) is 0 Å². The Hall–Kier alpha value is -1.34. The Kier molecular flexibility index (Phi) is 11.7. The summed E-state index contributed by atoms with van der Waals surface area (Å²) in [5, 5.41) is 20.6. The second-order valence-corrected chi connectivity index (χ2v) is 9.17. The third-order valence-corrected chi connectivity index (χ3v) is 5.20. The van der Waals surface area contributed by atoms with Crippen LogP contribution in [0.3, 0.4) is 0 Å². The van der Waals surface area contributed by atoms with Crippen LogP contribution >= 0.6 is 0 Å². The standard InChI is InChI=1S/C24H44N2O4/c1-17(2)25(18(3)4)13-21(27)15-29-23-9-11-24(12-10-23)30-16-22(28)14-26(19(5)6)20(7)8/h9-12,17-22,27-28H,13-16H2,1-8H3/t21-,22-/m0/s1. The predicted octanol–water partition coefficient (Wildman–Crippen LogP) is 3.40. The number of hydrogen-bond acceptors (Lipinski definition) is 6. The Bertz CT molecular complexity index is 508. The zero-order chi connectivity index (χ0) is 22.8. The van der Waals surface area contributed by atoms with Gasteiger partial charge in [0.1, 0.15) is 36.9 Å². The van der Waals surface area contributed by atoms with Gasteiger partial charge in [0, 0.05) is 37.3 Å². The number of nitrogens with zero attached hydrogens (tertiary/aromatic N) is 2. The minimum Gasteiger partial charge on any atom is -0.491 e. The van der Waals surface area contributed by atoms with Gasteiger partial charge in [-0.3, -0.25) is 9.80 Å². The van der Waals surface area contributed by atoms with E-state index in [1.165, 1.54) is 0 Å². The van der Waals surface area contributed by atoms with Crippen LogP contribution in [0, 0.1) is 0 Å². The SMILES string of the molecule is CC(C)N(C[C@H](O)COc1ccc(OC[C@@H](O)CN(C(C)C)C(C)C)cc1)C(C)C. The molecule has 0 amide bonds. The summed E-state index contributed by atoms with van der Waals surface area (Å²) < 4.78 is 11.5. The number of ether oxygens (including phenoxy) is 2. The Morgan fingerprint density at radius 1 is 0.600 bits per heavy atom. The van der Waals surface area contributed by atoms with Gasteiger partial charge in [-0.1, -0.05) is 0 Å². The van der Waals surface area contributed by atoms with E-state index in [1.54, 1.807) is 0 Å². The Morgan fingerprint density at radius 3 is 1.10 bits per heavy atom. The fourth-order valence-electron chi connectivity index (χ4n) is 3.64. The van der Waals surface area contributed by atoms with Gasteiger partial charge >= 0.3 is 0 Å². The van der Waals surface area contributed by atoms with Crippen molar-refractivity contribution in [3.63, 3.8) is 0 Å². The molecular weight excluding hydrogens is 380 g/mol. The molecule has 0 bridgehead atoms. The molecule has 1 aromatic carbocycles. The van der Waals surface area contributed by atoms with E-state index < -0.39 is 12.2 Å². The monoisotopic (exact) mass is 424 g/mol. The van der Waals surface area contributed by atoms with Crippen molar-refractivity contribution < 1.29 is 19.7 Å². The highest BCUT2D eigenvalue weighted by Gasteiger charge is 2.19. The maximum absolute atomic E-state index is 10.3. The lowest BCUT2D eigenvalue weighted by Crippen LogP contribution is -2.43. The molecule has 1 aromatic rings. The largest absolute Gasteiger partial charge is 0.491 e. The molecule has 0 aliphatic rings. The van der Waals surface area contributed by atoms with Crippen LogP contribution in [-0.4, -0.2) is 82.7 Å². The number of hydrogen-bond donors (Lipinski definition) is 2. The van der Waals surface area contributed by atoms with Crippen molar-refractivity contribution in [2.24, 2.45) is 0 Å². The molecule has 0 saturated carbocycles. The van der Waals surface area contributed by atoms with Gasteiger partial charge in [0.05, 0.1) is 0 Å². The summed E-state index contributed by atoms with van der Waals surface area (Å²) >= 11 is 0. The number of aliphatic hydroxyl groups is 2. The molecule has 2 N–H and O–H groups in total. The van der Waals surface area contributed by atoms with Gasteiger partial charge in [-0.25, -0.2) is 0 Å². The second-order valence-electron chi connectivity index (χ2n) is 9.17. The van der Waals surface area contributed by atoms with E-state index in [1.807, 2.05) is 24.3 Å². The van der Waals surface area contributed by atoms with Gasteiger partial charge in [0.2, 0.25) is 0 Å². The fraction of sp³-hybridized carbons (Fsp3) is 0.750. The molecule has 0 radical (unpaired) electrons. The summed E-state index contributed by atoms with van der Waals surface area (Å²) in [7, 11) is 0. The molecule has 30 heavy (non-hydrogen) atoms.